The van der Waals surface area contributed by atoms with Crippen LogP contribution in [0.15, 0.2) is 42.6 Å². The maximum atomic E-state index is 5.32. The van der Waals surface area contributed by atoms with E-state index in [1.807, 2.05) is 18.2 Å². The molecular formula is C13H15NO. The molecule has 0 atom stereocenters. The Kier molecular flexibility index (Phi) is 2.77. The standard InChI is InChI=1S/C13H15NO/c1-11-6-5-9-14(11)10-12-7-3-4-8-13(12)15-2/h3-9H,10H2,1-2H3. The molecule has 0 unspecified atom stereocenters. The maximum absolute atomic E-state index is 5.32. The van der Waals surface area contributed by atoms with Gasteiger partial charge in [0.15, 0.2) is 0 Å². The van der Waals surface area contributed by atoms with Crippen molar-refractivity contribution in [1.29, 1.82) is 0 Å². The zero-order valence-electron chi connectivity index (χ0n) is 9.10. The van der Waals surface area contributed by atoms with Crippen molar-refractivity contribution < 1.29 is 4.74 Å². The Morgan fingerprint density at radius 2 is 1.93 bits per heavy atom. The minimum Gasteiger partial charge on any atom is -0.496 e. The predicted molar refractivity (Wildman–Crippen MR) is 61.3 cm³/mol. The summed E-state index contributed by atoms with van der Waals surface area (Å²) in [6, 6.07) is 12.3. The highest BCUT2D eigenvalue weighted by Gasteiger charge is 2.02. The third kappa shape index (κ3) is 2.04. The van der Waals surface area contributed by atoms with Crippen molar-refractivity contribution in [2.75, 3.05) is 7.11 Å². The molecule has 2 nitrogen and oxygen atoms in total. The number of ether oxygens (including phenoxy) is 1. The second-order valence-corrected chi connectivity index (χ2v) is 3.59. The molecule has 0 radical (unpaired) electrons. The molecule has 0 saturated heterocycles. The summed E-state index contributed by atoms with van der Waals surface area (Å²) in [7, 11) is 1.71. The highest BCUT2D eigenvalue weighted by atomic mass is 16.5. The Bertz CT molecular complexity index is 445. The molecule has 78 valence electrons. The van der Waals surface area contributed by atoms with E-state index in [1.165, 1.54) is 11.3 Å². The smallest absolute Gasteiger partial charge is 0.123 e. The van der Waals surface area contributed by atoms with E-state index in [0.717, 1.165) is 12.3 Å². The first-order valence-electron chi connectivity index (χ1n) is 5.05. The summed E-state index contributed by atoms with van der Waals surface area (Å²) < 4.78 is 7.53. The molecule has 0 aliphatic heterocycles. The van der Waals surface area contributed by atoms with Crippen LogP contribution in [0.2, 0.25) is 0 Å². The number of nitrogens with zero attached hydrogens (tertiary/aromatic N) is 1. The van der Waals surface area contributed by atoms with E-state index in [2.05, 4.69) is 35.9 Å². The predicted octanol–water partition coefficient (Wildman–Crippen LogP) is 2.85. The topological polar surface area (TPSA) is 14.2 Å². The summed E-state index contributed by atoms with van der Waals surface area (Å²) in [5.41, 5.74) is 2.47. The van der Waals surface area contributed by atoms with Crippen LogP contribution in [-0.2, 0) is 6.54 Å². The molecule has 0 spiro atoms. The number of aryl methyl sites for hydroxylation is 1. The second-order valence-electron chi connectivity index (χ2n) is 3.59. The van der Waals surface area contributed by atoms with Gasteiger partial charge in [-0.05, 0) is 25.1 Å². The fourth-order valence-corrected chi connectivity index (χ4v) is 1.69. The second kappa shape index (κ2) is 4.22. The first-order chi connectivity index (χ1) is 7.31. The largest absolute Gasteiger partial charge is 0.496 e. The van der Waals surface area contributed by atoms with E-state index in [4.69, 9.17) is 4.74 Å². The van der Waals surface area contributed by atoms with Gasteiger partial charge in [0.05, 0.1) is 13.7 Å². The minimum atomic E-state index is 0.864. The zero-order chi connectivity index (χ0) is 10.7. The summed E-state index contributed by atoms with van der Waals surface area (Å²) in [5, 5.41) is 0. The van der Waals surface area contributed by atoms with Crippen LogP contribution in [0.1, 0.15) is 11.3 Å². The fourth-order valence-electron chi connectivity index (χ4n) is 1.69. The Hall–Kier alpha value is -1.70. The number of rotatable bonds is 3. The Balaban J connectivity index is 2.28. The number of hydrogen-bond donors (Lipinski definition) is 0. The van der Waals surface area contributed by atoms with Crippen molar-refractivity contribution in [1.82, 2.24) is 4.57 Å². The molecule has 1 aromatic heterocycles. The molecular weight excluding hydrogens is 186 g/mol. The highest BCUT2D eigenvalue weighted by molar-refractivity contribution is 5.33. The van der Waals surface area contributed by atoms with Crippen LogP contribution < -0.4 is 4.74 Å². The van der Waals surface area contributed by atoms with Gasteiger partial charge in [-0.15, -0.1) is 0 Å². The first-order valence-corrected chi connectivity index (χ1v) is 5.05. The van der Waals surface area contributed by atoms with E-state index in [0.29, 0.717) is 0 Å². The number of hydrogen-bond acceptors (Lipinski definition) is 1. The lowest BCUT2D eigenvalue weighted by molar-refractivity contribution is 0.408. The van der Waals surface area contributed by atoms with Crippen molar-refractivity contribution in [3.63, 3.8) is 0 Å². The van der Waals surface area contributed by atoms with E-state index < -0.39 is 0 Å². The summed E-state index contributed by atoms with van der Waals surface area (Å²) in [5.74, 6) is 0.950. The summed E-state index contributed by atoms with van der Waals surface area (Å²) >= 11 is 0. The van der Waals surface area contributed by atoms with Crippen molar-refractivity contribution in [2.24, 2.45) is 0 Å². The average molecular weight is 201 g/mol. The van der Waals surface area contributed by atoms with Crippen molar-refractivity contribution >= 4 is 0 Å². The molecule has 0 fully saturated rings. The van der Waals surface area contributed by atoms with E-state index >= 15 is 0 Å². The van der Waals surface area contributed by atoms with Crippen LogP contribution in [0, 0.1) is 6.92 Å². The lowest BCUT2D eigenvalue weighted by Gasteiger charge is -2.10. The van der Waals surface area contributed by atoms with Gasteiger partial charge in [-0.2, -0.15) is 0 Å². The Morgan fingerprint density at radius 3 is 2.60 bits per heavy atom. The molecule has 0 aliphatic carbocycles. The number of benzene rings is 1. The van der Waals surface area contributed by atoms with Gasteiger partial charge in [0, 0.05) is 17.5 Å². The summed E-state index contributed by atoms with van der Waals surface area (Å²) in [4.78, 5) is 0. The monoisotopic (exact) mass is 201 g/mol. The molecule has 2 heteroatoms. The number of aromatic nitrogens is 1. The molecule has 0 bridgehead atoms. The van der Waals surface area contributed by atoms with Gasteiger partial charge < -0.3 is 9.30 Å². The molecule has 0 saturated carbocycles. The molecule has 2 rings (SSSR count). The maximum Gasteiger partial charge on any atom is 0.123 e. The Labute approximate surface area is 90.1 Å². The summed E-state index contributed by atoms with van der Waals surface area (Å²) in [6.07, 6.45) is 2.09. The van der Waals surface area contributed by atoms with Crippen LogP contribution in [0.4, 0.5) is 0 Å². The third-order valence-electron chi connectivity index (χ3n) is 2.59. The quantitative estimate of drug-likeness (QED) is 0.744. The Morgan fingerprint density at radius 1 is 1.13 bits per heavy atom. The van der Waals surface area contributed by atoms with Gasteiger partial charge in [0.25, 0.3) is 0 Å². The average Bonchev–Trinajstić information content (AvgIpc) is 2.65. The van der Waals surface area contributed by atoms with Crippen LogP contribution in [0.3, 0.4) is 0 Å². The first kappa shape index (κ1) is 9.84. The highest BCUT2D eigenvalue weighted by Crippen LogP contribution is 2.19. The summed E-state index contributed by atoms with van der Waals surface area (Å²) in [6.45, 7) is 2.97. The normalized spacial score (nSPS) is 10.3. The van der Waals surface area contributed by atoms with Crippen molar-refractivity contribution in [2.45, 2.75) is 13.5 Å². The third-order valence-corrected chi connectivity index (χ3v) is 2.59. The number of para-hydroxylation sites is 1. The minimum absolute atomic E-state index is 0.864. The van der Waals surface area contributed by atoms with Gasteiger partial charge in [-0.3, -0.25) is 0 Å². The molecule has 0 N–H and O–H groups in total. The number of methoxy groups -OCH3 is 1. The van der Waals surface area contributed by atoms with Crippen LogP contribution >= 0.6 is 0 Å². The van der Waals surface area contributed by atoms with Gasteiger partial charge in [-0.1, -0.05) is 18.2 Å². The van der Waals surface area contributed by atoms with Crippen LogP contribution in [0.5, 0.6) is 5.75 Å². The van der Waals surface area contributed by atoms with E-state index in [9.17, 15) is 0 Å². The van der Waals surface area contributed by atoms with Crippen molar-refractivity contribution in [3.05, 3.63) is 53.9 Å². The molecule has 1 aromatic carbocycles. The lowest BCUT2D eigenvalue weighted by atomic mass is 10.2. The van der Waals surface area contributed by atoms with Crippen LogP contribution in [-0.4, -0.2) is 11.7 Å². The lowest BCUT2D eigenvalue weighted by Crippen LogP contribution is -2.01. The molecule has 0 aliphatic rings. The van der Waals surface area contributed by atoms with Gasteiger partial charge >= 0.3 is 0 Å². The SMILES string of the molecule is COc1ccccc1Cn1cccc1C. The van der Waals surface area contributed by atoms with Crippen LogP contribution in [0.25, 0.3) is 0 Å². The van der Waals surface area contributed by atoms with E-state index in [-0.39, 0.29) is 0 Å². The van der Waals surface area contributed by atoms with Gasteiger partial charge in [0.2, 0.25) is 0 Å². The van der Waals surface area contributed by atoms with Gasteiger partial charge in [0.1, 0.15) is 5.75 Å². The molecule has 1 heterocycles. The van der Waals surface area contributed by atoms with Crippen molar-refractivity contribution in [3.8, 4) is 5.75 Å². The zero-order valence-corrected chi connectivity index (χ0v) is 9.10. The van der Waals surface area contributed by atoms with Gasteiger partial charge in [-0.25, -0.2) is 0 Å². The molecule has 15 heavy (non-hydrogen) atoms. The van der Waals surface area contributed by atoms with E-state index in [1.54, 1.807) is 7.11 Å². The molecule has 2 aromatic rings. The molecule has 0 amide bonds. The fraction of sp³-hybridized carbons (Fsp3) is 0.231.